The molecule has 0 atom stereocenters. The number of halogens is 1. The minimum Gasteiger partial charge on any atom is -0.334 e. The number of hydrogen-bond donors (Lipinski definition) is 0. The highest BCUT2D eigenvalue weighted by Gasteiger charge is 2.35. The van der Waals surface area contributed by atoms with Gasteiger partial charge in [0.25, 0.3) is 11.8 Å². The van der Waals surface area contributed by atoms with Crippen molar-refractivity contribution in [2.45, 2.75) is 32.9 Å². The molecular formula is C28H24FN3O3. The van der Waals surface area contributed by atoms with Gasteiger partial charge in [-0.2, -0.15) is 5.26 Å². The monoisotopic (exact) mass is 469 g/mol. The van der Waals surface area contributed by atoms with Crippen LogP contribution in [0.2, 0.25) is 0 Å². The summed E-state index contributed by atoms with van der Waals surface area (Å²) in [4.78, 5) is 41.3. The first-order valence-electron chi connectivity index (χ1n) is 11.3. The van der Waals surface area contributed by atoms with Gasteiger partial charge in [0, 0.05) is 26.1 Å². The molecule has 35 heavy (non-hydrogen) atoms. The summed E-state index contributed by atoms with van der Waals surface area (Å²) in [6, 6.07) is 20.3. The van der Waals surface area contributed by atoms with Gasteiger partial charge in [0.1, 0.15) is 5.82 Å². The van der Waals surface area contributed by atoms with Gasteiger partial charge >= 0.3 is 0 Å². The number of benzene rings is 3. The van der Waals surface area contributed by atoms with Crippen LogP contribution in [0.1, 0.15) is 55.8 Å². The molecule has 0 saturated heterocycles. The van der Waals surface area contributed by atoms with Crippen LogP contribution in [-0.4, -0.2) is 34.1 Å². The van der Waals surface area contributed by atoms with E-state index in [-0.39, 0.29) is 49.6 Å². The predicted octanol–water partition coefficient (Wildman–Crippen LogP) is 4.61. The summed E-state index contributed by atoms with van der Waals surface area (Å²) in [6.45, 7) is 2.50. The minimum atomic E-state index is -0.380. The number of rotatable bonds is 8. The zero-order chi connectivity index (χ0) is 24.9. The van der Waals surface area contributed by atoms with E-state index in [1.165, 1.54) is 17.0 Å². The van der Waals surface area contributed by atoms with E-state index in [0.717, 1.165) is 11.1 Å². The fourth-order valence-corrected chi connectivity index (χ4v) is 4.15. The maximum Gasteiger partial charge on any atom is 0.261 e. The van der Waals surface area contributed by atoms with Crippen LogP contribution in [0.25, 0.3) is 0 Å². The predicted molar refractivity (Wildman–Crippen MR) is 128 cm³/mol. The smallest absolute Gasteiger partial charge is 0.261 e. The summed E-state index contributed by atoms with van der Waals surface area (Å²) >= 11 is 0. The van der Waals surface area contributed by atoms with Gasteiger partial charge in [-0.15, -0.1) is 0 Å². The number of imide groups is 1. The molecule has 1 heterocycles. The van der Waals surface area contributed by atoms with E-state index in [2.05, 4.69) is 6.07 Å². The van der Waals surface area contributed by atoms with Gasteiger partial charge in [-0.3, -0.25) is 19.3 Å². The largest absolute Gasteiger partial charge is 0.334 e. The third-order valence-corrected chi connectivity index (χ3v) is 5.97. The second-order valence-corrected chi connectivity index (χ2v) is 8.60. The van der Waals surface area contributed by atoms with Gasteiger partial charge in [0.2, 0.25) is 5.91 Å². The van der Waals surface area contributed by atoms with Crippen LogP contribution in [0.15, 0.2) is 66.7 Å². The first-order chi connectivity index (χ1) is 16.9. The lowest BCUT2D eigenvalue weighted by molar-refractivity contribution is -0.132. The molecular weight excluding hydrogens is 445 g/mol. The van der Waals surface area contributed by atoms with Crippen LogP contribution < -0.4 is 0 Å². The van der Waals surface area contributed by atoms with Crippen molar-refractivity contribution in [3.63, 3.8) is 0 Å². The topological polar surface area (TPSA) is 81.5 Å². The number of aryl methyl sites for hydroxylation is 1. The maximum absolute atomic E-state index is 13.7. The number of carbonyl (C=O) groups is 3. The van der Waals surface area contributed by atoms with E-state index in [1.807, 2.05) is 6.92 Å². The molecule has 1 aliphatic heterocycles. The van der Waals surface area contributed by atoms with Gasteiger partial charge in [0.05, 0.1) is 22.8 Å². The third-order valence-electron chi connectivity index (χ3n) is 5.97. The second kappa shape index (κ2) is 10.3. The summed E-state index contributed by atoms with van der Waals surface area (Å²) in [7, 11) is 0. The van der Waals surface area contributed by atoms with Crippen molar-refractivity contribution in [3.8, 4) is 6.07 Å². The lowest BCUT2D eigenvalue weighted by Gasteiger charge is -2.24. The van der Waals surface area contributed by atoms with Crippen LogP contribution in [0, 0.1) is 24.1 Å². The van der Waals surface area contributed by atoms with Crippen molar-refractivity contribution in [1.29, 1.82) is 5.26 Å². The Morgan fingerprint density at radius 1 is 0.943 bits per heavy atom. The van der Waals surface area contributed by atoms with E-state index >= 15 is 0 Å². The molecule has 0 radical (unpaired) electrons. The molecule has 0 spiro atoms. The van der Waals surface area contributed by atoms with E-state index in [1.54, 1.807) is 59.5 Å². The highest BCUT2D eigenvalue weighted by Crippen LogP contribution is 2.24. The number of fused-ring (bicyclic) bond motifs is 1. The zero-order valence-electron chi connectivity index (χ0n) is 19.3. The van der Waals surface area contributed by atoms with Crippen molar-refractivity contribution in [2.75, 3.05) is 6.54 Å². The molecule has 0 fully saturated rings. The number of carbonyl (C=O) groups excluding carboxylic acids is 3. The Hall–Kier alpha value is -4.31. The Bertz CT molecular complexity index is 1330. The summed E-state index contributed by atoms with van der Waals surface area (Å²) in [5.74, 6) is -1.23. The fraction of sp³-hybridized carbons (Fsp3) is 0.214. The molecule has 0 N–H and O–H groups in total. The summed E-state index contributed by atoms with van der Waals surface area (Å²) in [5.41, 5.74) is 3.70. The average Bonchev–Trinajstić information content (AvgIpc) is 3.08. The maximum atomic E-state index is 13.7. The van der Waals surface area contributed by atoms with E-state index in [9.17, 15) is 18.8 Å². The summed E-state index contributed by atoms with van der Waals surface area (Å²) in [6.07, 6.45) is 0.439. The molecule has 0 unspecified atom stereocenters. The van der Waals surface area contributed by atoms with Crippen molar-refractivity contribution in [2.24, 2.45) is 0 Å². The molecule has 176 valence electrons. The quantitative estimate of drug-likeness (QED) is 0.451. The van der Waals surface area contributed by atoms with Crippen LogP contribution in [-0.2, 0) is 17.9 Å². The second-order valence-electron chi connectivity index (χ2n) is 8.60. The first kappa shape index (κ1) is 23.8. The highest BCUT2D eigenvalue weighted by atomic mass is 19.1. The Kier molecular flexibility index (Phi) is 7.02. The first-order valence-corrected chi connectivity index (χ1v) is 11.3. The van der Waals surface area contributed by atoms with E-state index in [0.29, 0.717) is 28.7 Å². The van der Waals surface area contributed by atoms with E-state index in [4.69, 9.17) is 5.26 Å². The Labute approximate surface area is 203 Å². The van der Waals surface area contributed by atoms with Gasteiger partial charge in [-0.1, -0.05) is 35.9 Å². The molecule has 6 nitrogen and oxygen atoms in total. The van der Waals surface area contributed by atoms with Gasteiger partial charge in [0.15, 0.2) is 0 Å². The number of nitrogens with zero attached hydrogens (tertiary/aromatic N) is 3. The van der Waals surface area contributed by atoms with Crippen LogP contribution in [0.3, 0.4) is 0 Å². The van der Waals surface area contributed by atoms with Crippen molar-refractivity contribution in [1.82, 2.24) is 9.80 Å². The summed E-state index contributed by atoms with van der Waals surface area (Å²) in [5, 5.41) is 9.01. The minimum absolute atomic E-state index is 0.123. The lowest BCUT2D eigenvalue weighted by atomic mass is 10.1. The Morgan fingerprint density at radius 2 is 1.66 bits per heavy atom. The van der Waals surface area contributed by atoms with Gasteiger partial charge in [-0.05, 0) is 60.9 Å². The molecule has 0 saturated carbocycles. The molecule has 0 bridgehead atoms. The number of nitriles is 1. The van der Waals surface area contributed by atoms with Crippen molar-refractivity contribution < 1.29 is 18.8 Å². The standard InChI is InChI=1S/C28H24FN3O3/c1-19-7-12-24-25(14-19)28(35)32(27(24)34)13-3-6-26(33)31(18-22-4-2-5-23(29)15-22)17-21-10-8-20(16-30)9-11-21/h2,4-5,7-12,14-15H,3,6,13,17-18H2,1H3. The van der Waals surface area contributed by atoms with Gasteiger partial charge in [-0.25, -0.2) is 4.39 Å². The molecule has 4 rings (SSSR count). The average molecular weight is 470 g/mol. The van der Waals surface area contributed by atoms with Crippen LogP contribution in [0.5, 0.6) is 0 Å². The molecule has 3 aromatic carbocycles. The van der Waals surface area contributed by atoms with Crippen LogP contribution in [0.4, 0.5) is 4.39 Å². The number of hydrogen-bond acceptors (Lipinski definition) is 4. The molecule has 7 heteroatoms. The lowest BCUT2D eigenvalue weighted by Crippen LogP contribution is -2.33. The molecule has 0 aliphatic carbocycles. The SMILES string of the molecule is Cc1ccc2c(c1)C(=O)N(CCCC(=O)N(Cc1ccc(C#N)cc1)Cc1cccc(F)c1)C2=O. The third kappa shape index (κ3) is 5.44. The fourth-order valence-electron chi connectivity index (χ4n) is 4.15. The summed E-state index contributed by atoms with van der Waals surface area (Å²) < 4.78 is 13.7. The molecule has 0 aromatic heterocycles. The Morgan fingerprint density at radius 3 is 2.37 bits per heavy atom. The molecule has 1 aliphatic rings. The molecule has 3 aromatic rings. The Balaban J connectivity index is 1.43. The van der Waals surface area contributed by atoms with E-state index < -0.39 is 0 Å². The van der Waals surface area contributed by atoms with Gasteiger partial charge < -0.3 is 4.90 Å². The highest BCUT2D eigenvalue weighted by molar-refractivity contribution is 6.21. The number of amides is 3. The van der Waals surface area contributed by atoms with Crippen molar-refractivity contribution >= 4 is 17.7 Å². The zero-order valence-corrected chi connectivity index (χ0v) is 19.3. The van der Waals surface area contributed by atoms with Crippen LogP contribution >= 0.6 is 0 Å². The molecule has 3 amide bonds. The van der Waals surface area contributed by atoms with Crippen molar-refractivity contribution in [3.05, 3.63) is 106 Å². The normalized spacial score (nSPS) is 12.4.